The third kappa shape index (κ3) is 159. The van der Waals surface area contributed by atoms with Crippen molar-refractivity contribution in [2.75, 3.05) is 0 Å². The van der Waals surface area contributed by atoms with E-state index in [4.69, 9.17) is 19.2 Å². The Morgan fingerprint density at radius 3 is 1.29 bits per heavy atom. The summed E-state index contributed by atoms with van der Waals surface area (Å²) < 4.78 is 8.88. The van der Waals surface area contributed by atoms with Crippen LogP contribution in [0.4, 0.5) is 0 Å². The molecule has 0 saturated carbocycles. The molecule has 5 nitrogen and oxygen atoms in total. The molecule has 7 heteroatoms. The van der Waals surface area contributed by atoms with Crippen LogP contribution in [0.15, 0.2) is 0 Å². The molecule has 0 amide bonds. The van der Waals surface area contributed by atoms with Gasteiger partial charge in [-0.2, -0.15) is 0 Å². The van der Waals surface area contributed by atoms with Gasteiger partial charge in [0.05, 0.1) is 0 Å². The molecule has 0 aromatic rings. The minimum absolute atomic E-state index is 0. The van der Waals surface area contributed by atoms with E-state index < -0.39 is 7.82 Å². The van der Waals surface area contributed by atoms with Crippen molar-refractivity contribution in [1.82, 2.24) is 0 Å². The zero-order valence-corrected chi connectivity index (χ0v) is 3.59. The summed E-state index contributed by atoms with van der Waals surface area (Å²) in [5, 5.41) is 0. The monoisotopic (exact) mass is 141 g/mol. The van der Waals surface area contributed by atoms with Crippen LogP contribution in [0.3, 0.4) is 0 Å². The molecule has 0 aliphatic heterocycles. The molecule has 0 aromatic heterocycles. The second-order valence-corrected chi connectivity index (χ2v) is 1.54. The first kappa shape index (κ1) is 15.7. The maximum absolute atomic E-state index is 8.88. The van der Waals surface area contributed by atoms with E-state index in [1.54, 1.807) is 0 Å². The molecule has 0 saturated heterocycles. The molecule has 0 aromatic carbocycles. The third-order valence-corrected chi connectivity index (χ3v) is 0. The van der Waals surface area contributed by atoms with Crippen molar-refractivity contribution in [3.05, 3.63) is 0 Å². The van der Waals surface area contributed by atoms with Crippen molar-refractivity contribution in [2.45, 2.75) is 0 Å². The van der Waals surface area contributed by atoms with E-state index in [1.165, 1.54) is 0 Å². The van der Waals surface area contributed by atoms with Gasteiger partial charge in [0.2, 0.25) is 0 Å². The zero-order valence-electron chi connectivity index (χ0n) is 3.70. The van der Waals surface area contributed by atoms with Crippen LogP contribution in [0.2, 0.25) is 0 Å². The van der Waals surface area contributed by atoms with Crippen molar-refractivity contribution in [3.8, 4) is 0 Å². The van der Waals surface area contributed by atoms with E-state index in [0.29, 0.717) is 0 Å². The summed E-state index contributed by atoms with van der Waals surface area (Å²) in [6.45, 7) is 0. The molecule has 5 N–H and O–H groups in total. The standard InChI is InChI=1S/Na.H3O4P.H2O.H/c;1-5(2,3)4;;/h;(H3,1,2,3,4);1H2;/p+1. The molecule has 0 heterocycles. The van der Waals surface area contributed by atoms with Gasteiger partial charge in [-0.25, -0.2) is 4.57 Å². The Bertz CT molecular complexity index is 58.6. The Balaban J connectivity index is -0.0000000267. The van der Waals surface area contributed by atoms with E-state index in [-0.39, 0.29) is 36.5 Å². The van der Waals surface area contributed by atoms with E-state index >= 15 is 0 Å². The van der Waals surface area contributed by atoms with Gasteiger partial charge in [-0.15, -0.1) is 0 Å². The van der Waals surface area contributed by atoms with Crippen LogP contribution in [0.1, 0.15) is 1.43 Å². The second-order valence-electron chi connectivity index (χ2n) is 0.513. The predicted molar refractivity (Wildman–Crippen MR) is 26.1 cm³/mol. The van der Waals surface area contributed by atoms with Crippen LogP contribution in [0, 0.1) is 0 Å². The molecule has 0 bridgehead atoms. The van der Waals surface area contributed by atoms with Crippen LogP contribution in [-0.2, 0) is 4.57 Å². The number of hydrogen-bond acceptors (Lipinski definition) is 1. The fourth-order valence-electron chi connectivity index (χ4n) is 0. The maximum atomic E-state index is 8.88. The zero-order chi connectivity index (χ0) is 4.50. The number of hydrogen-bond donors (Lipinski definition) is 3. The van der Waals surface area contributed by atoms with Gasteiger partial charge in [0.15, 0.2) is 0 Å². The summed E-state index contributed by atoms with van der Waals surface area (Å²) in [6.07, 6.45) is 0. The van der Waals surface area contributed by atoms with Crippen molar-refractivity contribution in [2.24, 2.45) is 0 Å². The summed E-state index contributed by atoms with van der Waals surface area (Å²) in [5.74, 6) is 0. The van der Waals surface area contributed by atoms with Gasteiger partial charge >= 0.3 is 38.8 Å². The third-order valence-electron chi connectivity index (χ3n) is 0. The summed E-state index contributed by atoms with van der Waals surface area (Å²) in [7, 11) is -4.64. The van der Waals surface area contributed by atoms with E-state index in [0.717, 1.165) is 0 Å². The van der Waals surface area contributed by atoms with Gasteiger partial charge < -0.3 is 20.2 Å². The van der Waals surface area contributed by atoms with Crippen LogP contribution in [0.25, 0.3) is 0 Å². The van der Waals surface area contributed by atoms with Gasteiger partial charge in [-0.1, -0.05) is 0 Å². The molecule has 7 heavy (non-hydrogen) atoms. The molecule has 0 aliphatic carbocycles. The summed E-state index contributed by atoms with van der Waals surface area (Å²) in [4.78, 5) is 21.6. The van der Waals surface area contributed by atoms with Crippen LogP contribution < -0.4 is 0 Å². The van der Waals surface area contributed by atoms with Gasteiger partial charge in [-0.05, 0) is 0 Å². The van der Waals surface area contributed by atoms with Crippen molar-refractivity contribution in [3.63, 3.8) is 0 Å². The second kappa shape index (κ2) is 5.21. The van der Waals surface area contributed by atoms with Crippen molar-refractivity contribution < 1.29 is 26.1 Å². The quantitative estimate of drug-likeness (QED) is 0.260. The predicted octanol–water partition coefficient (Wildman–Crippen LogP) is -2.29. The van der Waals surface area contributed by atoms with E-state index in [9.17, 15) is 0 Å². The fourth-order valence-corrected chi connectivity index (χ4v) is 0. The molecular weight excluding hydrogens is 134 g/mol. The van der Waals surface area contributed by atoms with Crippen molar-refractivity contribution in [1.29, 1.82) is 0 Å². The summed E-state index contributed by atoms with van der Waals surface area (Å²) in [5.41, 5.74) is 0. The summed E-state index contributed by atoms with van der Waals surface area (Å²) >= 11 is 0. The normalized spacial score (nSPS) is 8.43. The first-order chi connectivity index (χ1) is 2.00. The minimum atomic E-state index is -4.64. The number of phosphoric acid groups is 1. The molecule has 0 aliphatic rings. The Kier molecular flexibility index (Phi) is 11.7. The Morgan fingerprint density at radius 2 is 1.29 bits per heavy atom. The number of rotatable bonds is 0. The van der Waals surface area contributed by atoms with Gasteiger partial charge in [0.1, 0.15) is 0 Å². The van der Waals surface area contributed by atoms with Crippen molar-refractivity contribution >= 4 is 37.4 Å². The molecular formula is H7NaO5P+. The van der Waals surface area contributed by atoms with Crippen LogP contribution in [0.5, 0.6) is 0 Å². The van der Waals surface area contributed by atoms with E-state index in [2.05, 4.69) is 0 Å². The fraction of sp³-hybridized carbons (Fsp3) is 0. The Hall–Kier alpha value is 1.07. The first-order valence-corrected chi connectivity index (χ1v) is 2.35. The summed E-state index contributed by atoms with van der Waals surface area (Å²) in [6, 6.07) is 0. The van der Waals surface area contributed by atoms with Gasteiger partial charge in [0, 0.05) is 0 Å². The Labute approximate surface area is 63.7 Å². The van der Waals surface area contributed by atoms with Gasteiger partial charge in [0.25, 0.3) is 0 Å². The average Bonchev–Trinajstić information content (AvgIpc) is 0.722. The van der Waals surface area contributed by atoms with Crippen LogP contribution >= 0.6 is 7.82 Å². The molecule has 42 valence electrons. The molecule has 0 spiro atoms. The van der Waals surface area contributed by atoms with Gasteiger partial charge in [-0.3, -0.25) is 0 Å². The molecule has 0 fully saturated rings. The Morgan fingerprint density at radius 1 is 1.29 bits per heavy atom. The first-order valence-electron chi connectivity index (χ1n) is 0.783. The van der Waals surface area contributed by atoms with E-state index in [1.807, 2.05) is 0 Å². The van der Waals surface area contributed by atoms with Crippen LogP contribution in [-0.4, -0.2) is 49.7 Å². The topological polar surface area (TPSA) is 109 Å². The molecule has 0 radical (unpaired) electrons. The molecule has 0 atom stereocenters. The SMILES string of the molecule is O.O=P(O)(O)O.[H+].[NaH]. The molecule has 0 unspecified atom stereocenters. The molecule has 0 rings (SSSR count). The average molecular weight is 141 g/mol.